The zero-order valence-corrected chi connectivity index (χ0v) is 18.5. The van der Waals surface area contributed by atoms with Gasteiger partial charge in [0.05, 0.1) is 24.5 Å². The smallest absolute Gasteiger partial charge is 0.311 e. The Bertz CT molecular complexity index is 1020. The molecule has 3 rings (SSSR count). The van der Waals surface area contributed by atoms with Crippen molar-refractivity contribution in [3.63, 3.8) is 0 Å². The maximum atomic E-state index is 12.6. The lowest BCUT2D eigenvalue weighted by atomic mass is 10.1. The highest BCUT2D eigenvalue weighted by Gasteiger charge is 2.26. The maximum Gasteiger partial charge on any atom is 0.311 e. The van der Waals surface area contributed by atoms with E-state index >= 15 is 0 Å². The van der Waals surface area contributed by atoms with Crippen LogP contribution < -0.4 is 5.32 Å². The second-order valence-electron chi connectivity index (χ2n) is 6.97. The van der Waals surface area contributed by atoms with E-state index in [1.165, 1.54) is 35.5 Å². The number of halogens is 1. The molecule has 2 aromatic rings. The van der Waals surface area contributed by atoms with Crippen LogP contribution >= 0.6 is 11.6 Å². The van der Waals surface area contributed by atoms with E-state index in [1.807, 2.05) is 0 Å². The Morgan fingerprint density at radius 3 is 2.32 bits per heavy atom. The van der Waals surface area contributed by atoms with E-state index in [-0.39, 0.29) is 11.3 Å². The van der Waals surface area contributed by atoms with Gasteiger partial charge >= 0.3 is 5.97 Å². The monoisotopic (exact) mass is 466 g/mol. The number of anilines is 1. The van der Waals surface area contributed by atoms with Gasteiger partial charge in [0, 0.05) is 23.8 Å². The van der Waals surface area contributed by atoms with Gasteiger partial charge in [-0.15, -0.1) is 0 Å². The van der Waals surface area contributed by atoms with Crippen molar-refractivity contribution in [2.75, 3.05) is 31.6 Å². The first-order chi connectivity index (χ1) is 14.8. The Balaban J connectivity index is 1.54. The van der Waals surface area contributed by atoms with Crippen molar-refractivity contribution >= 4 is 39.2 Å². The Labute approximate surface area is 186 Å². The van der Waals surface area contributed by atoms with Gasteiger partial charge in [-0.3, -0.25) is 9.59 Å². The molecule has 2 aromatic carbocycles. The van der Waals surface area contributed by atoms with Crippen molar-refractivity contribution in [1.82, 2.24) is 4.31 Å². The molecule has 0 aromatic heterocycles. The molecule has 0 radical (unpaired) electrons. The Morgan fingerprint density at radius 2 is 1.71 bits per heavy atom. The van der Waals surface area contributed by atoms with E-state index in [2.05, 4.69) is 5.32 Å². The van der Waals surface area contributed by atoms with E-state index < -0.39 is 28.0 Å². The molecule has 0 bridgehead atoms. The van der Waals surface area contributed by atoms with Crippen LogP contribution in [-0.4, -0.2) is 57.0 Å². The van der Waals surface area contributed by atoms with Crippen LogP contribution in [-0.2, 0) is 35.5 Å². The van der Waals surface area contributed by atoms with Gasteiger partial charge in [0.15, 0.2) is 6.10 Å². The second-order valence-corrected chi connectivity index (χ2v) is 9.34. The molecular weight excluding hydrogens is 444 g/mol. The topological polar surface area (TPSA) is 102 Å². The highest BCUT2D eigenvalue weighted by Crippen LogP contribution is 2.20. The summed E-state index contributed by atoms with van der Waals surface area (Å²) in [5, 5.41) is 3.18. The molecule has 0 saturated carbocycles. The number of sulfonamides is 1. The molecule has 1 fully saturated rings. The summed E-state index contributed by atoms with van der Waals surface area (Å²) in [6, 6.07) is 12.6. The van der Waals surface area contributed by atoms with E-state index in [9.17, 15) is 18.0 Å². The van der Waals surface area contributed by atoms with Crippen molar-refractivity contribution in [2.24, 2.45) is 0 Å². The van der Waals surface area contributed by atoms with Gasteiger partial charge in [-0.1, -0.05) is 23.7 Å². The first kappa shape index (κ1) is 23.2. The number of morpholine rings is 1. The largest absolute Gasteiger partial charge is 0.452 e. The van der Waals surface area contributed by atoms with Crippen LogP contribution in [0.15, 0.2) is 53.4 Å². The Hall–Kier alpha value is -2.46. The van der Waals surface area contributed by atoms with Gasteiger partial charge in [0.1, 0.15) is 0 Å². The summed E-state index contributed by atoms with van der Waals surface area (Å²) in [6.07, 6.45) is -1.00. The molecule has 10 heteroatoms. The third-order valence-electron chi connectivity index (χ3n) is 4.67. The van der Waals surface area contributed by atoms with Crippen LogP contribution in [0.2, 0.25) is 5.02 Å². The highest BCUT2D eigenvalue weighted by atomic mass is 35.5. The summed E-state index contributed by atoms with van der Waals surface area (Å²) in [7, 11) is -3.61. The lowest BCUT2D eigenvalue weighted by Crippen LogP contribution is -2.40. The van der Waals surface area contributed by atoms with Crippen LogP contribution in [0.5, 0.6) is 0 Å². The summed E-state index contributed by atoms with van der Waals surface area (Å²) in [6.45, 7) is 2.80. The molecule has 1 saturated heterocycles. The molecule has 0 unspecified atom stereocenters. The standard InChI is InChI=1S/C21H23ClN2O6S/c1-15(30-20(25)14-16-2-4-17(22)5-3-16)21(26)23-18-6-8-19(9-7-18)31(27,28)24-10-12-29-13-11-24/h2-9,15H,10-14H2,1H3,(H,23,26)/t15-/m1/s1. The zero-order valence-electron chi connectivity index (χ0n) is 16.9. The quantitative estimate of drug-likeness (QED) is 0.629. The van der Waals surface area contributed by atoms with Crippen molar-refractivity contribution < 1.29 is 27.5 Å². The van der Waals surface area contributed by atoms with Crippen molar-refractivity contribution in [2.45, 2.75) is 24.3 Å². The molecule has 1 atom stereocenters. The number of nitrogens with one attached hydrogen (secondary N) is 1. The first-order valence-corrected chi connectivity index (χ1v) is 11.5. The number of carbonyl (C=O) groups excluding carboxylic acids is 2. The third-order valence-corrected chi connectivity index (χ3v) is 6.83. The Morgan fingerprint density at radius 1 is 1.10 bits per heavy atom. The summed E-state index contributed by atoms with van der Waals surface area (Å²) in [5.74, 6) is -1.06. The predicted octanol–water partition coefficient (Wildman–Crippen LogP) is 2.47. The maximum absolute atomic E-state index is 12.6. The van der Waals surface area contributed by atoms with Gasteiger partial charge in [-0.25, -0.2) is 8.42 Å². The Kier molecular flexibility index (Phi) is 7.66. The van der Waals surface area contributed by atoms with Gasteiger partial charge in [-0.2, -0.15) is 4.31 Å². The fraction of sp³-hybridized carbons (Fsp3) is 0.333. The average molecular weight is 467 g/mol. The van der Waals surface area contributed by atoms with Crippen molar-refractivity contribution in [1.29, 1.82) is 0 Å². The lowest BCUT2D eigenvalue weighted by Gasteiger charge is -2.26. The highest BCUT2D eigenvalue weighted by molar-refractivity contribution is 7.89. The van der Waals surface area contributed by atoms with Gasteiger partial charge in [-0.05, 0) is 48.9 Å². The van der Waals surface area contributed by atoms with Gasteiger partial charge < -0.3 is 14.8 Å². The number of rotatable bonds is 7. The van der Waals surface area contributed by atoms with Crippen LogP contribution in [0.4, 0.5) is 5.69 Å². The number of benzene rings is 2. The predicted molar refractivity (Wildman–Crippen MR) is 115 cm³/mol. The molecule has 166 valence electrons. The molecular formula is C21H23ClN2O6S. The van der Waals surface area contributed by atoms with Crippen molar-refractivity contribution in [3.8, 4) is 0 Å². The van der Waals surface area contributed by atoms with Crippen LogP contribution in [0.3, 0.4) is 0 Å². The molecule has 0 spiro atoms. The number of amides is 1. The summed E-state index contributed by atoms with van der Waals surface area (Å²) < 4.78 is 37.0. The minimum absolute atomic E-state index is 0.0168. The molecule has 1 aliphatic rings. The number of ether oxygens (including phenoxy) is 2. The normalized spacial score (nSPS) is 15.8. The molecule has 1 amide bonds. The fourth-order valence-electron chi connectivity index (χ4n) is 2.95. The zero-order chi connectivity index (χ0) is 22.4. The van der Waals surface area contributed by atoms with E-state index in [0.717, 1.165) is 5.56 Å². The molecule has 1 N–H and O–H groups in total. The van der Waals surface area contributed by atoms with Crippen molar-refractivity contribution in [3.05, 3.63) is 59.1 Å². The molecule has 1 heterocycles. The summed E-state index contributed by atoms with van der Waals surface area (Å²) >= 11 is 5.82. The fourth-order valence-corrected chi connectivity index (χ4v) is 4.49. The van der Waals surface area contributed by atoms with Crippen LogP contribution in [0.1, 0.15) is 12.5 Å². The molecule has 8 nitrogen and oxygen atoms in total. The van der Waals surface area contributed by atoms with Gasteiger partial charge in [0.25, 0.3) is 5.91 Å². The van der Waals surface area contributed by atoms with Crippen LogP contribution in [0.25, 0.3) is 0 Å². The number of carbonyl (C=O) groups is 2. The number of hydrogen-bond donors (Lipinski definition) is 1. The minimum atomic E-state index is -3.61. The number of esters is 1. The average Bonchev–Trinajstić information content (AvgIpc) is 2.76. The summed E-state index contributed by atoms with van der Waals surface area (Å²) in [4.78, 5) is 24.5. The lowest BCUT2D eigenvalue weighted by molar-refractivity contribution is -0.152. The SMILES string of the molecule is C[C@@H](OC(=O)Cc1ccc(Cl)cc1)C(=O)Nc1ccc(S(=O)(=O)N2CCOCC2)cc1. The van der Waals surface area contributed by atoms with E-state index in [1.54, 1.807) is 24.3 Å². The van der Waals surface area contributed by atoms with E-state index in [0.29, 0.717) is 37.0 Å². The first-order valence-electron chi connectivity index (χ1n) is 9.68. The molecule has 0 aliphatic carbocycles. The summed E-state index contributed by atoms with van der Waals surface area (Å²) in [5.41, 5.74) is 1.12. The van der Waals surface area contributed by atoms with Crippen LogP contribution in [0, 0.1) is 0 Å². The number of hydrogen-bond acceptors (Lipinski definition) is 6. The van der Waals surface area contributed by atoms with Gasteiger partial charge in [0.2, 0.25) is 10.0 Å². The van der Waals surface area contributed by atoms with E-state index in [4.69, 9.17) is 21.1 Å². The second kappa shape index (κ2) is 10.2. The number of nitrogens with zero attached hydrogens (tertiary/aromatic N) is 1. The third kappa shape index (κ3) is 6.27. The molecule has 31 heavy (non-hydrogen) atoms. The minimum Gasteiger partial charge on any atom is -0.452 e. The molecule has 1 aliphatic heterocycles.